The van der Waals surface area contributed by atoms with Crippen LogP contribution in [-0.2, 0) is 11.2 Å². The highest BCUT2D eigenvalue weighted by atomic mass is 19.1. The number of rotatable bonds is 4. The molecule has 5 aliphatic rings. The van der Waals surface area contributed by atoms with Gasteiger partial charge in [-0.15, -0.1) is 0 Å². The first-order valence-electron chi connectivity index (χ1n) is 10.3. The van der Waals surface area contributed by atoms with Crippen LogP contribution in [0.5, 0.6) is 0 Å². The molecule has 0 unspecified atom stereocenters. The SMILES string of the molecule is O=C(CC1(Cc2cccc(F)c2)C2CC3CC1CC(C2)C3O)N1CC(O)C1. The lowest BCUT2D eigenvalue weighted by Crippen LogP contribution is -2.61. The monoisotopic (exact) mass is 373 g/mol. The molecule has 4 nitrogen and oxygen atoms in total. The molecule has 27 heavy (non-hydrogen) atoms. The molecule has 0 aromatic heterocycles. The van der Waals surface area contributed by atoms with Crippen LogP contribution in [0.3, 0.4) is 0 Å². The molecule has 1 amide bonds. The zero-order valence-corrected chi connectivity index (χ0v) is 15.6. The lowest BCUT2D eigenvalue weighted by molar-refractivity contribution is -0.179. The number of aliphatic hydroxyl groups excluding tert-OH is 2. The van der Waals surface area contributed by atoms with E-state index in [9.17, 15) is 19.4 Å². The Morgan fingerprint density at radius 3 is 2.30 bits per heavy atom. The van der Waals surface area contributed by atoms with Crippen LogP contribution in [0.25, 0.3) is 0 Å². The second kappa shape index (κ2) is 6.28. The quantitative estimate of drug-likeness (QED) is 0.852. The molecule has 4 aliphatic carbocycles. The summed E-state index contributed by atoms with van der Waals surface area (Å²) in [6, 6.07) is 6.81. The van der Waals surface area contributed by atoms with E-state index >= 15 is 0 Å². The van der Waals surface area contributed by atoms with E-state index in [4.69, 9.17) is 0 Å². The molecule has 1 heterocycles. The van der Waals surface area contributed by atoms with Gasteiger partial charge in [-0.2, -0.15) is 0 Å². The fraction of sp³-hybridized carbons (Fsp3) is 0.682. The minimum absolute atomic E-state index is 0.129. The molecule has 5 fully saturated rings. The Hall–Kier alpha value is -1.46. The van der Waals surface area contributed by atoms with E-state index in [1.165, 1.54) is 6.07 Å². The summed E-state index contributed by atoms with van der Waals surface area (Å²) in [4.78, 5) is 14.7. The van der Waals surface area contributed by atoms with Crippen molar-refractivity contribution in [3.05, 3.63) is 35.6 Å². The van der Waals surface area contributed by atoms with Gasteiger partial charge >= 0.3 is 0 Å². The van der Waals surface area contributed by atoms with E-state index in [2.05, 4.69) is 0 Å². The summed E-state index contributed by atoms with van der Waals surface area (Å²) >= 11 is 0. The third-order valence-electron chi connectivity index (χ3n) is 8.06. The van der Waals surface area contributed by atoms with Crippen molar-refractivity contribution in [1.82, 2.24) is 4.90 Å². The van der Waals surface area contributed by atoms with Crippen molar-refractivity contribution < 1.29 is 19.4 Å². The molecule has 4 bridgehead atoms. The molecule has 1 aromatic rings. The number of hydrogen-bond acceptors (Lipinski definition) is 3. The number of nitrogens with zero attached hydrogens (tertiary/aromatic N) is 1. The average Bonchev–Trinajstić information content (AvgIpc) is 2.57. The number of carbonyl (C=O) groups excluding carboxylic acids is 1. The van der Waals surface area contributed by atoms with Gasteiger partial charge < -0.3 is 15.1 Å². The minimum atomic E-state index is -0.387. The highest BCUT2D eigenvalue weighted by molar-refractivity contribution is 5.78. The molecule has 6 rings (SSSR count). The zero-order valence-electron chi connectivity index (χ0n) is 15.6. The van der Waals surface area contributed by atoms with Gasteiger partial charge in [0.25, 0.3) is 0 Å². The van der Waals surface area contributed by atoms with Crippen molar-refractivity contribution in [3.8, 4) is 0 Å². The summed E-state index contributed by atoms with van der Waals surface area (Å²) in [5, 5.41) is 20.1. The summed E-state index contributed by atoms with van der Waals surface area (Å²) in [5.41, 5.74) is 0.831. The maximum atomic E-state index is 13.8. The molecule has 0 atom stereocenters. The lowest BCUT2D eigenvalue weighted by Gasteiger charge is -2.63. The Balaban J connectivity index is 1.46. The summed E-state index contributed by atoms with van der Waals surface area (Å²) in [5.74, 6) is 1.48. The Labute approximate surface area is 159 Å². The first-order valence-corrected chi connectivity index (χ1v) is 10.3. The molecule has 5 heteroatoms. The molecule has 146 valence electrons. The second-order valence-electron chi connectivity index (χ2n) is 9.52. The van der Waals surface area contributed by atoms with Gasteiger partial charge in [-0.1, -0.05) is 12.1 Å². The van der Waals surface area contributed by atoms with E-state index in [0.29, 0.717) is 43.2 Å². The topological polar surface area (TPSA) is 60.8 Å². The summed E-state index contributed by atoms with van der Waals surface area (Å²) < 4.78 is 13.8. The Morgan fingerprint density at radius 1 is 1.11 bits per heavy atom. The normalized spacial score (nSPS) is 40.3. The largest absolute Gasteiger partial charge is 0.393 e. The highest BCUT2D eigenvalue weighted by Gasteiger charge is 2.60. The van der Waals surface area contributed by atoms with Gasteiger partial charge in [0.15, 0.2) is 0 Å². The average molecular weight is 373 g/mol. The van der Waals surface area contributed by atoms with E-state index in [1.807, 2.05) is 6.07 Å². The van der Waals surface area contributed by atoms with Crippen LogP contribution in [0.2, 0.25) is 0 Å². The van der Waals surface area contributed by atoms with Gasteiger partial charge in [0.05, 0.1) is 12.2 Å². The molecule has 0 spiro atoms. The van der Waals surface area contributed by atoms with Crippen molar-refractivity contribution in [2.45, 2.75) is 50.7 Å². The van der Waals surface area contributed by atoms with Crippen LogP contribution >= 0.6 is 0 Å². The van der Waals surface area contributed by atoms with Crippen molar-refractivity contribution in [2.75, 3.05) is 13.1 Å². The van der Waals surface area contributed by atoms with Gasteiger partial charge in [-0.3, -0.25) is 4.79 Å². The molecule has 0 radical (unpaired) electrons. The van der Waals surface area contributed by atoms with Crippen LogP contribution < -0.4 is 0 Å². The smallest absolute Gasteiger partial charge is 0.223 e. The number of β-amino-alcohol motifs (C(OH)–C–C–N with tert-alkyl or cyclic N) is 1. The zero-order chi connectivity index (χ0) is 18.8. The van der Waals surface area contributed by atoms with Crippen molar-refractivity contribution >= 4 is 5.91 Å². The van der Waals surface area contributed by atoms with Gasteiger partial charge in [0.1, 0.15) is 5.82 Å². The Bertz CT molecular complexity index is 715. The second-order valence-corrected chi connectivity index (χ2v) is 9.52. The van der Waals surface area contributed by atoms with Crippen molar-refractivity contribution in [3.63, 3.8) is 0 Å². The van der Waals surface area contributed by atoms with Gasteiger partial charge in [0, 0.05) is 19.5 Å². The van der Waals surface area contributed by atoms with Crippen LogP contribution in [-0.4, -0.2) is 46.3 Å². The minimum Gasteiger partial charge on any atom is -0.393 e. The molecule has 1 saturated heterocycles. The summed E-state index contributed by atoms with van der Waals surface area (Å²) in [7, 11) is 0. The fourth-order valence-electron chi connectivity index (χ4n) is 6.78. The summed E-state index contributed by atoms with van der Waals surface area (Å²) in [6.07, 6.45) is 4.60. The fourth-order valence-corrected chi connectivity index (χ4v) is 6.78. The standard InChI is InChI=1S/C22H28FNO3/c23-18-3-1-2-13(4-18)9-22(10-20(26)24-11-19(25)12-24)16-5-14-6-17(22)8-15(7-16)21(14)27/h1-4,14-17,19,21,25,27H,5-12H2. The number of carbonyl (C=O) groups is 1. The molecule has 1 aliphatic heterocycles. The summed E-state index contributed by atoms with van der Waals surface area (Å²) in [6.45, 7) is 0.877. The van der Waals surface area contributed by atoms with E-state index in [0.717, 1.165) is 37.7 Å². The lowest BCUT2D eigenvalue weighted by atomic mass is 9.42. The molecular weight excluding hydrogens is 345 g/mol. The molecular formula is C22H28FNO3. The maximum Gasteiger partial charge on any atom is 0.223 e. The van der Waals surface area contributed by atoms with Crippen LogP contribution in [0.1, 0.15) is 37.7 Å². The van der Waals surface area contributed by atoms with Crippen molar-refractivity contribution in [1.29, 1.82) is 0 Å². The van der Waals surface area contributed by atoms with Crippen LogP contribution in [0.4, 0.5) is 4.39 Å². The van der Waals surface area contributed by atoms with Crippen molar-refractivity contribution in [2.24, 2.45) is 29.1 Å². The van der Waals surface area contributed by atoms with E-state index in [1.54, 1.807) is 17.0 Å². The van der Waals surface area contributed by atoms with Gasteiger partial charge in [-0.05, 0) is 78.9 Å². The predicted octanol–water partition coefficient (Wildman–Crippen LogP) is 2.37. The molecule has 2 N–H and O–H groups in total. The first kappa shape index (κ1) is 17.6. The number of hydrogen-bond donors (Lipinski definition) is 2. The maximum absolute atomic E-state index is 13.8. The van der Waals surface area contributed by atoms with Crippen LogP contribution in [0, 0.1) is 34.9 Å². The number of benzene rings is 1. The van der Waals surface area contributed by atoms with E-state index < -0.39 is 0 Å². The van der Waals surface area contributed by atoms with Gasteiger partial charge in [0.2, 0.25) is 5.91 Å². The third-order valence-corrected chi connectivity index (χ3v) is 8.06. The Kier molecular flexibility index (Phi) is 4.10. The van der Waals surface area contributed by atoms with Gasteiger partial charge in [-0.25, -0.2) is 4.39 Å². The number of halogens is 1. The molecule has 4 saturated carbocycles. The van der Waals surface area contributed by atoms with E-state index in [-0.39, 0.29) is 29.3 Å². The molecule has 1 aromatic carbocycles. The Morgan fingerprint density at radius 2 is 1.74 bits per heavy atom. The number of likely N-dealkylation sites (tertiary alicyclic amines) is 1. The predicted molar refractivity (Wildman–Crippen MR) is 98.2 cm³/mol. The highest BCUT2D eigenvalue weighted by Crippen LogP contribution is 2.64. The van der Waals surface area contributed by atoms with Crippen LogP contribution in [0.15, 0.2) is 24.3 Å². The first-order chi connectivity index (χ1) is 12.9. The third kappa shape index (κ3) is 2.82. The number of aliphatic hydroxyl groups is 2. The number of amides is 1.